The number of hydrogen-bond acceptors (Lipinski definition) is 4. The summed E-state index contributed by atoms with van der Waals surface area (Å²) in [6.45, 7) is 4.38. The number of carbonyl (C=O) groups is 1. The molecule has 0 atom stereocenters. The van der Waals surface area contributed by atoms with Crippen molar-refractivity contribution < 1.29 is 27.4 Å². The van der Waals surface area contributed by atoms with Gasteiger partial charge in [0.25, 0.3) is 0 Å². The number of fused-ring (bicyclic) bond motifs is 1. The minimum atomic E-state index is -4.56. The lowest BCUT2D eigenvalue weighted by Crippen LogP contribution is -2.12. The van der Waals surface area contributed by atoms with Gasteiger partial charge in [-0.25, -0.2) is 4.79 Å². The fraction of sp³-hybridized carbons (Fsp3) is 0.150. The predicted molar refractivity (Wildman–Crippen MR) is 98.7 cm³/mol. The molecule has 0 saturated heterocycles. The van der Waals surface area contributed by atoms with Crippen molar-refractivity contribution in [1.29, 1.82) is 0 Å². The lowest BCUT2D eigenvalue weighted by atomic mass is 10.0. The fourth-order valence-electron chi connectivity index (χ4n) is 2.45. The molecule has 3 nitrogen and oxygen atoms in total. The number of hydrogen-bond donors (Lipinski definition) is 0. The summed E-state index contributed by atoms with van der Waals surface area (Å²) >= 11 is 1.29. The quantitative estimate of drug-likeness (QED) is 0.302. The maximum Gasteiger partial charge on any atom is 0.417 e. The van der Waals surface area contributed by atoms with Gasteiger partial charge < -0.3 is 9.47 Å². The highest BCUT2D eigenvalue weighted by Gasteiger charge is 2.34. The van der Waals surface area contributed by atoms with E-state index >= 15 is 0 Å². The molecule has 7 heteroatoms. The fourth-order valence-corrected chi connectivity index (χ4v) is 3.55. The summed E-state index contributed by atoms with van der Waals surface area (Å²) in [5, 5.41) is 0.887. The Morgan fingerprint density at radius 1 is 1.15 bits per heavy atom. The number of thiophene rings is 1. The molecular formula is C20H15F3O3S. The van der Waals surface area contributed by atoms with E-state index in [-0.39, 0.29) is 16.9 Å². The van der Waals surface area contributed by atoms with Crippen molar-refractivity contribution in [3.05, 3.63) is 66.2 Å². The number of rotatable bonds is 5. The van der Waals surface area contributed by atoms with E-state index in [0.29, 0.717) is 4.88 Å². The van der Waals surface area contributed by atoms with E-state index in [1.54, 1.807) is 6.07 Å². The van der Waals surface area contributed by atoms with Gasteiger partial charge in [-0.1, -0.05) is 24.8 Å². The highest BCUT2D eigenvalue weighted by atomic mass is 32.1. The molecule has 0 spiro atoms. The van der Waals surface area contributed by atoms with E-state index in [9.17, 15) is 18.0 Å². The van der Waals surface area contributed by atoms with E-state index in [0.717, 1.165) is 16.2 Å². The van der Waals surface area contributed by atoms with Gasteiger partial charge in [-0.2, -0.15) is 13.2 Å². The zero-order valence-corrected chi connectivity index (χ0v) is 15.1. The lowest BCUT2D eigenvalue weighted by molar-refractivity contribution is -0.145. The molecule has 140 valence electrons. The predicted octanol–water partition coefficient (Wildman–Crippen LogP) is 6.04. The zero-order chi connectivity index (χ0) is 19.6. The normalized spacial score (nSPS) is 11.4. The number of alkyl halides is 3. The van der Waals surface area contributed by atoms with Crippen molar-refractivity contribution in [2.24, 2.45) is 0 Å². The number of benzene rings is 2. The van der Waals surface area contributed by atoms with Crippen LogP contribution in [0.3, 0.4) is 0 Å². The summed E-state index contributed by atoms with van der Waals surface area (Å²) < 4.78 is 51.5. The van der Waals surface area contributed by atoms with Crippen molar-refractivity contribution in [2.45, 2.75) is 13.1 Å². The maximum atomic E-state index is 13.6. The van der Waals surface area contributed by atoms with Gasteiger partial charge in [0.05, 0.1) is 5.56 Å². The summed E-state index contributed by atoms with van der Waals surface area (Å²) in [7, 11) is 0. The van der Waals surface area contributed by atoms with Crippen LogP contribution in [0.15, 0.2) is 60.7 Å². The van der Waals surface area contributed by atoms with Crippen molar-refractivity contribution in [1.82, 2.24) is 0 Å². The van der Waals surface area contributed by atoms with Crippen LogP contribution in [0, 0.1) is 0 Å². The molecule has 0 bridgehead atoms. The van der Waals surface area contributed by atoms with E-state index in [1.165, 1.54) is 30.4 Å². The minimum Gasteiger partial charge on any atom is -0.457 e. The van der Waals surface area contributed by atoms with Gasteiger partial charge in [0, 0.05) is 20.7 Å². The van der Waals surface area contributed by atoms with Crippen LogP contribution < -0.4 is 4.74 Å². The average Bonchev–Trinajstić information content (AvgIpc) is 3.04. The van der Waals surface area contributed by atoms with E-state index in [2.05, 4.69) is 6.58 Å². The van der Waals surface area contributed by atoms with Crippen molar-refractivity contribution in [3.8, 4) is 16.2 Å². The Balaban J connectivity index is 1.90. The molecule has 0 N–H and O–H groups in total. The summed E-state index contributed by atoms with van der Waals surface area (Å²) in [6, 6.07) is 12.8. The molecular weight excluding hydrogens is 377 g/mol. The van der Waals surface area contributed by atoms with Crippen LogP contribution in [0.2, 0.25) is 0 Å². The van der Waals surface area contributed by atoms with Crippen LogP contribution in [0.25, 0.3) is 20.5 Å². The first kappa shape index (κ1) is 19.0. The summed E-state index contributed by atoms with van der Waals surface area (Å²) in [5.41, 5.74) is -0.553. The molecule has 0 saturated carbocycles. The van der Waals surface area contributed by atoms with Crippen LogP contribution in [0.5, 0.6) is 5.75 Å². The second-order valence-electron chi connectivity index (χ2n) is 5.83. The minimum absolute atomic E-state index is 0.0401. The first-order valence-electron chi connectivity index (χ1n) is 7.91. The summed E-state index contributed by atoms with van der Waals surface area (Å²) in [5.74, 6) is -0.713. The van der Waals surface area contributed by atoms with Gasteiger partial charge in [-0.15, -0.1) is 11.3 Å². The van der Waals surface area contributed by atoms with Gasteiger partial charge in [0.2, 0.25) is 6.79 Å². The van der Waals surface area contributed by atoms with E-state index < -0.39 is 24.5 Å². The third-order valence-corrected chi connectivity index (χ3v) is 4.90. The molecule has 0 aliphatic carbocycles. The van der Waals surface area contributed by atoms with Gasteiger partial charge in [-0.3, -0.25) is 0 Å². The highest BCUT2D eigenvalue weighted by molar-refractivity contribution is 7.22. The third kappa shape index (κ3) is 4.31. The molecule has 0 radical (unpaired) electrons. The van der Waals surface area contributed by atoms with Gasteiger partial charge in [0.15, 0.2) is 0 Å². The van der Waals surface area contributed by atoms with E-state index in [1.807, 2.05) is 24.3 Å². The molecule has 0 aliphatic rings. The van der Waals surface area contributed by atoms with Gasteiger partial charge in [0.1, 0.15) is 5.75 Å². The Kier molecular flexibility index (Phi) is 5.23. The largest absolute Gasteiger partial charge is 0.457 e. The third-order valence-electron chi connectivity index (χ3n) is 3.75. The van der Waals surface area contributed by atoms with Crippen LogP contribution in [0.4, 0.5) is 13.2 Å². The van der Waals surface area contributed by atoms with Gasteiger partial charge >= 0.3 is 12.1 Å². The van der Waals surface area contributed by atoms with Crippen LogP contribution in [-0.4, -0.2) is 12.8 Å². The molecule has 0 fully saturated rings. The molecule has 0 unspecified atom stereocenters. The Hall–Kier alpha value is -2.80. The molecule has 27 heavy (non-hydrogen) atoms. The lowest BCUT2D eigenvalue weighted by Gasteiger charge is -2.14. The van der Waals surface area contributed by atoms with Crippen molar-refractivity contribution >= 4 is 27.4 Å². The molecule has 3 rings (SSSR count). The molecule has 2 aromatic carbocycles. The second-order valence-corrected chi connectivity index (χ2v) is 6.91. The van der Waals surface area contributed by atoms with Crippen molar-refractivity contribution in [3.63, 3.8) is 0 Å². The highest BCUT2D eigenvalue weighted by Crippen LogP contribution is 2.42. The van der Waals surface area contributed by atoms with Gasteiger partial charge in [-0.05, 0) is 42.6 Å². The smallest absolute Gasteiger partial charge is 0.417 e. The first-order valence-corrected chi connectivity index (χ1v) is 8.73. The monoisotopic (exact) mass is 392 g/mol. The Labute approximate surface area is 157 Å². The van der Waals surface area contributed by atoms with Crippen LogP contribution >= 0.6 is 11.3 Å². The number of carbonyl (C=O) groups excluding carboxylic acids is 1. The second kappa shape index (κ2) is 7.44. The first-order chi connectivity index (χ1) is 12.8. The van der Waals surface area contributed by atoms with Crippen molar-refractivity contribution in [2.75, 3.05) is 6.79 Å². The Bertz CT molecular complexity index is 972. The van der Waals surface area contributed by atoms with Crippen LogP contribution in [-0.2, 0) is 15.7 Å². The van der Waals surface area contributed by atoms with E-state index in [4.69, 9.17) is 9.47 Å². The standard InChI is InChI=1S/C20H15F3O3S/c1-12(2)19(24)26-11-25-14-7-8-15(16(10-14)20(21,22)23)18-9-13-5-3-4-6-17(13)27-18/h3-10H,1,11H2,2H3. The number of halogens is 3. The SMILES string of the molecule is C=C(C)C(=O)OCOc1ccc(-c2cc3ccccc3s2)c(C(F)(F)F)c1. The Morgan fingerprint density at radius 2 is 1.89 bits per heavy atom. The number of ether oxygens (including phenoxy) is 2. The number of esters is 1. The molecule has 0 aliphatic heterocycles. The molecule has 3 aromatic rings. The average molecular weight is 392 g/mol. The summed E-state index contributed by atoms with van der Waals surface area (Å²) in [4.78, 5) is 11.8. The Morgan fingerprint density at radius 3 is 2.56 bits per heavy atom. The topological polar surface area (TPSA) is 35.5 Å². The van der Waals surface area contributed by atoms with Crippen LogP contribution in [0.1, 0.15) is 12.5 Å². The molecule has 0 amide bonds. The summed E-state index contributed by atoms with van der Waals surface area (Å²) in [6.07, 6.45) is -4.56. The molecule has 1 aromatic heterocycles. The molecule has 1 heterocycles. The zero-order valence-electron chi connectivity index (χ0n) is 14.3. The maximum absolute atomic E-state index is 13.6.